The summed E-state index contributed by atoms with van der Waals surface area (Å²) >= 11 is 0. The van der Waals surface area contributed by atoms with Crippen LogP contribution in [-0.2, 0) is 11.3 Å². The average Bonchev–Trinajstić information content (AvgIpc) is 2.72. The van der Waals surface area contributed by atoms with Crippen LogP contribution in [0, 0.1) is 5.41 Å². The number of nitrogens with zero attached hydrogens (tertiary/aromatic N) is 2. The van der Waals surface area contributed by atoms with Crippen LogP contribution in [0.2, 0.25) is 0 Å². The van der Waals surface area contributed by atoms with E-state index in [1.165, 1.54) is 25.7 Å². The van der Waals surface area contributed by atoms with E-state index in [-0.39, 0.29) is 0 Å². The lowest BCUT2D eigenvalue weighted by Crippen LogP contribution is -2.26. The number of aromatic nitrogens is 2. The zero-order valence-electron chi connectivity index (χ0n) is 11.6. The quantitative estimate of drug-likeness (QED) is 0.819. The zero-order valence-corrected chi connectivity index (χ0v) is 11.6. The number of nitrogen functional groups attached to an aromatic ring is 1. The third-order valence-corrected chi connectivity index (χ3v) is 3.83. The van der Waals surface area contributed by atoms with Crippen LogP contribution in [0.15, 0.2) is 12.3 Å². The third kappa shape index (κ3) is 4.02. The van der Waals surface area contributed by atoms with Crippen molar-refractivity contribution in [2.75, 3.05) is 12.3 Å². The van der Waals surface area contributed by atoms with E-state index in [1.807, 2.05) is 16.9 Å². The number of anilines is 1. The molecule has 0 aromatic carbocycles. The van der Waals surface area contributed by atoms with Crippen LogP contribution in [0.5, 0.6) is 0 Å². The Balaban J connectivity index is 1.59. The Morgan fingerprint density at radius 1 is 1.44 bits per heavy atom. The lowest BCUT2D eigenvalue weighted by Gasteiger charge is -2.34. The Labute approximate surface area is 110 Å². The molecule has 1 aromatic heterocycles. The topological polar surface area (TPSA) is 53.1 Å². The van der Waals surface area contributed by atoms with Gasteiger partial charge in [0, 0.05) is 19.3 Å². The van der Waals surface area contributed by atoms with Crippen molar-refractivity contribution in [1.82, 2.24) is 9.78 Å². The van der Waals surface area contributed by atoms with Crippen LogP contribution in [0.1, 0.15) is 46.0 Å². The van der Waals surface area contributed by atoms with Gasteiger partial charge in [-0.25, -0.2) is 0 Å². The number of hydrogen-bond donors (Lipinski definition) is 1. The van der Waals surface area contributed by atoms with Crippen LogP contribution < -0.4 is 5.73 Å². The largest absolute Gasteiger partial charge is 0.382 e. The third-order valence-electron chi connectivity index (χ3n) is 3.83. The highest BCUT2D eigenvalue weighted by atomic mass is 16.5. The summed E-state index contributed by atoms with van der Waals surface area (Å²) in [5.74, 6) is 0.588. The summed E-state index contributed by atoms with van der Waals surface area (Å²) in [5, 5.41) is 4.15. The second-order valence-corrected chi connectivity index (χ2v) is 6.09. The van der Waals surface area contributed by atoms with Gasteiger partial charge in [0.2, 0.25) is 0 Å². The monoisotopic (exact) mass is 251 g/mol. The highest BCUT2D eigenvalue weighted by molar-refractivity contribution is 5.23. The molecule has 0 radical (unpaired) electrons. The Hall–Kier alpha value is -1.03. The molecule has 1 aliphatic carbocycles. The van der Waals surface area contributed by atoms with E-state index in [0.29, 0.717) is 17.3 Å². The van der Waals surface area contributed by atoms with Gasteiger partial charge in [0.25, 0.3) is 0 Å². The lowest BCUT2D eigenvalue weighted by atomic mass is 9.76. The van der Waals surface area contributed by atoms with Crippen LogP contribution in [0.4, 0.5) is 5.82 Å². The zero-order chi connectivity index (χ0) is 13.0. The average molecular weight is 251 g/mol. The number of hydrogen-bond acceptors (Lipinski definition) is 3. The van der Waals surface area contributed by atoms with Gasteiger partial charge in [-0.05, 0) is 43.6 Å². The van der Waals surface area contributed by atoms with E-state index in [2.05, 4.69) is 18.9 Å². The van der Waals surface area contributed by atoms with Gasteiger partial charge in [0.15, 0.2) is 0 Å². The first-order valence-electron chi connectivity index (χ1n) is 6.96. The fourth-order valence-electron chi connectivity index (χ4n) is 2.52. The van der Waals surface area contributed by atoms with Crippen LogP contribution in [0.3, 0.4) is 0 Å². The van der Waals surface area contributed by atoms with E-state index in [1.54, 1.807) is 0 Å². The molecule has 0 unspecified atom stereocenters. The smallest absolute Gasteiger partial charge is 0.145 e. The molecule has 0 atom stereocenters. The van der Waals surface area contributed by atoms with E-state index in [0.717, 1.165) is 19.6 Å². The molecular weight excluding hydrogens is 226 g/mol. The summed E-state index contributed by atoms with van der Waals surface area (Å²) in [7, 11) is 0. The minimum atomic E-state index is 0.473. The second-order valence-electron chi connectivity index (χ2n) is 6.09. The van der Waals surface area contributed by atoms with Crippen LogP contribution in [0.25, 0.3) is 0 Å². The Bertz CT molecular complexity index is 363. The Morgan fingerprint density at radius 2 is 2.17 bits per heavy atom. The van der Waals surface area contributed by atoms with Crippen molar-refractivity contribution in [2.24, 2.45) is 5.41 Å². The molecule has 0 saturated heterocycles. The molecule has 1 fully saturated rings. The molecular formula is C14H25N3O. The summed E-state index contributed by atoms with van der Waals surface area (Å²) in [4.78, 5) is 0. The molecule has 4 heteroatoms. The van der Waals surface area contributed by atoms with E-state index in [4.69, 9.17) is 10.5 Å². The SMILES string of the molecule is CC1(C)CCC(OCCCn2ccc(N)n2)CC1. The van der Waals surface area contributed by atoms with Gasteiger partial charge in [-0.1, -0.05) is 13.8 Å². The Kier molecular flexibility index (Phi) is 4.27. The number of nitrogens with two attached hydrogens (primary N) is 1. The fourth-order valence-corrected chi connectivity index (χ4v) is 2.52. The summed E-state index contributed by atoms with van der Waals surface area (Å²) in [6, 6.07) is 1.82. The highest BCUT2D eigenvalue weighted by Gasteiger charge is 2.26. The fraction of sp³-hybridized carbons (Fsp3) is 0.786. The highest BCUT2D eigenvalue weighted by Crippen LogP contribution is 2.36. The van der Waals surface area contributed by atoms with Crippen molar-refractivity contribution < 1.29 is 4.74 Å². The first kappa shape index (κ1) is 13.4. The molecule has 1 saturated carbocycles. The first-order chi connectivity index (χ1) is 8.55. The van der Waals surface area contributed by atoms with Crippen LogP contribution >= 0.6 is 0 Å². The summed E-state index contributed by atoms with van der Waals surface area (Å²) in [5.41, 5.74) is 6.08. The van der Waals surface area contributed by atoms with Crippen molar-refractivity contribution in [3.8, 4) is 0 Å². The van der Waals surface area contributed by atoms with Crippen molar-refractivity contribution >= 4 is 5.82 Å². The minimum Gasteiger partial charge on any atom is -0.382 e. The van der Waals surface area contributed by atoms with Gasteiger partial charge >= 0.3 is 0 Å². The van der Waals surface area contributed by atoms with E-state index < -0.39 is 0 Å². The molecule has 0 spiro atoms. The maximum atomic E-state index is 5.93. The molecule has 1 aliphatic rings. The summed E-state index contributed by atoms with van der Waals surface area (Å²) in [6.45, 7) is 6.41. The number of aryl methyl sites for hydroxylation is 1. The van der Waals surface area contributed by atoms with Gasteiger partial charge in [-0.3, -0.25) is 4.68 Å². The standard InChI is InChI=1S/C14H25N3O/c1-14(2)7-4-12(5-8-14)18-11-3-9-17-10-6-13(15)16-17/h6,10,12H,3-5,7-9,11H2,1-2H3,(H2,15,16). The molecule has 1 heterocycles. The maximum absolute atomic E-state index is 5.93. The maximum Gasteiger partial charge on any atom is 0.145 e. The second kappa shape index (κ2) is 5.74. The van der Waals surface area contributed by atoms with Gasteiger partial charge in [-0.2, -0.15) is 5.10 Å². The molecule has 2 rings (SSSR count). The molecule has 1 aromatic rings. The van der Waals surface area contributed by atoms with Gasteiger partial charge in [0.05, 0.1) is 6.10 Å². The molecule has 18 heavy (non-hydrogen) atoms. The van der Waals surface area contributed by atoms with Crippen molar-refractivity contribution in [1.29, 1.82) is 0 Å². The first-order valence-corrected chi connectivity index (χ1v) is 6.96. The Morgan fingerprint density at radius 3 is 2.78 bits per heavy atom. The summed E-state index contributed by atoms with van der Waals surface area (Å²) in [6.07, 6.45) is 8.38. The van der Waals surface area contributed by atoms with E-state index in [9.17, 15) is 0 Å². The van der Waals surface area contributed by atoms with Crippen molar-refractivity contribution in [3.05, 3.63) is 12.3 Å². The van der Waals surface area contributed by atoms with Crippen molar-refractivity contribution in [3.63, 3.8) is 0 Å². The molecule has 0 bridgehead atoms. The van der Waals surface area contributed by atoms with E-state index >= 15 is 0 Å². The lowest BCUT2D eigenvalue weighted by molar-refractivity contribution is 0.00205. The molecule has 0 amide bonds. The number of rotatable bonds is 5. The van der Waals surface area contributed by atoms with Gasteiger partial charge < -0.3 is 10.5 Å². The molecule has 2 N–H and O–H groups in total. The van der Waals surface area contributed by atoms with Crippen molar-refractivity contribution in [2.45, 2.75) is 58.6 Å². The molecule has 0 aliphatic heterocycles. The minimum absolute atomic E-state index is 0.473. The normalized spacial score (nSPS) is 20.1. The number of ether oxygens (including phenoxy) is 1. The molecule has 4 nitrogen and oxygen atoms in total. The predicted molar refractivity (Wildman–Crippen MR) is 73.2 cm³/mol. The van der Waals surface area contributed by atoms with Gasteiger partial charge in [0.1, 0.15) is 5.82 Å². The van der Waals surface area contributed by atoms with Crippen LogP contribution in [-0.4, -0.2) is 22.5 Å². The van der Waals surface area contributed by atoms with Gasteiger partial charge in [-0.15, -0.1) is 0 Å². The summed E-state index contributed by atoms with van der Waals surface area (Å²) < 4.78 is 7.81. The predicted octanol–water partition coefficient (Wildman–Crippen LogP) is 2.84. The molecule has 102 valence electrons.